The number of fused-ring (bicyclic) bond motifs is 1. The number of rotatable bonds is 0. The van der Waals surface area contributed by atoms with E-state index < -0.39 is 10.3 Å². The van der Waals surface area contributed by atoms with Crippen molar-refractivity contribution < 1.29 is 8.42 Å². The van der Waals surface area contributed by atoms with Gasteiger partial charge in [-0.05, 0) is 6.07 Å². The quantitative estimate of drug-likeness (QED) is 0.581. The number of hydrogen-bond donors (Lipinski definition) is 0. The summed E-state index contributed by atoms with van der Waals surface area (Å²) in [5.74, 6) is 0. The van der Waals surface area contributed by atoms with E-state index in [-0.39, 0.29) is 0 Å². The highest BCUT2D eigenvalue weighted by atomic mass is 32.2. The van der Waals surface area contributed by atoms with Gasteiger partial charge in [0.25, 0.3) is 0 Å². The largest absolute Gasteiger partial charge is 0.260 e. The first kappa shape index (κ1) is 8.19. The van der Waals surface area contributed by atoms with E-state index in [9.17, 15) is 8.42 Å². The molecular weight excluding hydrogens is 186 g/mol. The van der Waals surface area contributed by atoms with Gasteiger partial charge >= 0.3 is 0 Å². The fourth-order valence-electron chi connectivity index (χ4n) is 1.32. The molecule has 1 heterocycles. The molecule has 1 aliphatic rings. The minimum atomic E-state index is -2.14. The maximum absolute atomic E-state index is 10.8. The molecule has 0 aromatic heterocycles. The van der Waals surface area contributed by atoms with Gasteiger partial charge in [0, 0.05) is 18.2 Å². The van der Waals surface area contributed by atoms with Crippen molar-refractivity contribution >= 4 is 27.1 Å². The maximum Gasteiger partial charge on any atom is 0.218 e. The van der Waals surface area contributed by atoms with Gasteiger partial charge in [-0.2, -0.15) is 8.42 Å². The van der Waals surface area contributed by atoms with Gasteiger partial charge in [-0.15, -0.1) is 0 Å². The Balaban J connectivity index is 2.77. The van der Waals surface area contributed by atoms with Crippen molar-refractivity contribution in [2.24, 2.45) is 4.99 Å². The van der Waals surface area contributed by atoms with Gasteiger partial charge < -0.3 is 0 Å². The highest BCUT2D eigenvalue weighted by Crippen LogP contribution is 2.22. The van der Waals surface area contributed by atoms with Gasteiger partial charge in [0.15, 0.2) is 0 Å². The molecule has 13 heavy (non-hydrogen) atoms. The molecule has 0 spiro atoms. The van der Waals surface area contributed by atoms with Gasteiger partial charge in [0.1, 0.15) is 0 Å². The van der Waals surface area contributed by atoms with Crippen LogP contribution in [0.2, 0.25) is 0 Å². The summed E-state index contributed by atoms with van der Waals surface area (Å²) in [6.07, 6.45) is 2.01. The molecule has 1 aromatic carbocycles. The minimum Gasteiger partial charge on any atom is -0.260 e. The van der Waals surface area contributed by atoms with Gasteiger partial charge in [-0.25, -0.2) is 0 Å². The van der Waals surface area contributed by atoms with Crippen LogP contribution >= 0.6 is 0 Å². The average molecular weight is 193 g/mol. The Morgan fingerprint density at radius 3 is 2.77 bits per heavy atom. The van der Waals surface area contributed by atoms with Crippen molar-refractivity contribution in [1.82, 2.24) is 0 Å². The number of aliphatic imine (C=N–C) groups is 1. The standard InChI is InChI=1S/C9H7NO2S/c11-13(12)9-5-6-10-8-4-2-1-3-7(8)9/h1-4,6H,5H2. The summed E-state index contributed by atoms with van der Waals surface area (Å²) < 4.78 is 21.6. The van der Waals surface area contributed by atoms with Crippen molar-refractivity contribution in [2.75, 3.05) is 0 Å². The molecule has 0 unspecified atom stereocenters. The summed E-state index contributed by atoms with van der Waals surface area (Å²) in [7, 11) is -2.14. The highest BCUT2D eigenvalue weighted by Gasteiger charge is 2.12. The SMILES string of the molecule is O=S(=O)=C1CC=Nc2ccccc21. The first-order valence-corrected chi connectivity index (χ1v) is 4.93. The van der Waals surface area contributed by atoms with Crippen molar-refractivity contribution in [1.29, 1.82) is 0 Å². The number of nitrogens with zero attached hydrogens (tertiary/aromatic N) is 1. The van der Waals surface area contributed by atoms with Gasteiger partial charge in [-0.3, -0.25) is 4.99 Å². The Labute approximate surface area is 77.3 Å². The Hall–Kier alpha value is -1.42. The summed E-state index contributed by atoms with van der Waals surface area (Å²) in [5, 5.41) is 0. The fraction of sp³-hybridized carbons (Fsp3) is 0.111. The smallest absolute Gasteiger partial charge is 0.218 e. The lowest BCUT2D eigenvalue weighted by molar-refractivity contribution is 0.627. The van der Waals surface area contributed by atoms with E-state index in [1.165, 1.54) is 0 Å². The summed E-state index contributed by atoms with van der Waals surface area (Å²) in [4.78, 5) is 4.53. The summed E-state index contributed by atoms with van der Waals surface area (Å²) in [5.41, 5.74) is 1.45. The summed E-state index contributed by atoms with van der Waals surface area (Å²) >= 11 is 0. The van der Waals surface area contributed by atoms with Crippen LogP contribution in [0.25, 0.3) is 0 Å². The molecular formula is C9H7NO2S. The van der Waals surface area contributed by atoms with E-state index in [1.807, 2.05) is 12.1 Å². The zero-order valence-corrected chi connectivity index (χ0v) is 7.58. The van der Waals surface area contributed by atoms with E-state index >= 15 is 0 Å². The highest BCUT2D eigenvalue weighted by molar-refractivity contribution is 7.73. The van der Waals surface area contributed by atoms with E-state index in [0.29, 0.717) is 11.3 Å². The van der Waals surface area contributed by atoms with Crippen LogP contribution in [0.15, 0.2) is 29.3 Å². The molecule has 2 rings (SSSR count). The van der Waals surface area contributed by atoms with Crippen LogP contribution < -0.4 is 0 Å². The molecule has 0 aliphatic carbocycles. The number of para-hydroxylation sites is 1. The number of benzene rings is 1. The Morgan fingerprint density at radius 2 is 2.00 bits per heavy atom. The molecule has 0 N–H and O–H groups in total. The summed E-state index contributed by atoms with van der Waals surface area (Å²) in [6.45, 7) is 0. The fourth-order valence-corrected chi connectivity index (χ4v) is 1.88. The van der Waals surface area contributed by atoms with Crippen LogP contribution in [-0.2, 0) is 10.3 Å². The van der Waals surface area contributed by atoms with E-state index in [1.54, 1.807) is 18.3 Å². The lowest BCUT2D eigenvalue weighted by Gasteiger charge is -2.08. The second-order valence-corrected chi connectivity index (χ2v) is 3.65. The van der Waals surface area contributed by atoms with Gasteiger partial charge in [0.05, 0.1) is 10.6 Å². The van der Waals surface area contributed by atoms with E-state index in [4.69, 9.17) is 0 Å². The molecule has 1 aliphatic heterocycles. The first-order chi connectivity index (χ1) is 6.29. The van der Waals surface area contributed by atoms with Gasteiger partial charge in [0.2, 0.25) is 10.3 Å². The summed E-state index contributed by atoms with van der Waals surface area (Å²) in [6, 6.07) is 7.23. The minimum absolute atomic E-state index is 0.396. The molecule has 0 amide bonds. The molecule has 0 saturated heterocycles. The second kappa shape index (κ2) is 3.14. The van der Waals surface area contributed by atoms with Crippen LogP contribution in [0, 0.1) is 0 Å². The molecule has 0 saturated carbocycles. The Kier molecular flexibility index (Phi) is 1.98. The topological polar surface area (TPSA) is 46.5 Å². The molecule has 3 nitrogen and oxygen atoms in total. The first-order valence-electron chi connectivity index (χ1n) is 3.86. The van der Waals surface area contributed by atoms with Crippen molar-refractivity contribution in [3.05, 3.63) is 29.8 Å². The third-order valence-corrected chi connectivity index (χ3v) is 2.70. The van der Waals surface area contributed by atoms with Crippen LogP contribution in [0.3, 0.4) is 0 Å². The predicted octanol–water partition coefficient (Wildman–Crippen LogP) is 1.19. The van der Waals surface area contributed by atoms with Crippen molar-refractivity contribution in [2.45, 2.75) is 6.42 Å². The molecule has 66 valence electrons. The van der Waals surface area contributed by atoms with E-state index in [0.717, 1.165) is 11.3 Å². The Morgan fingerprint density at radius 1 is 1.23 bits per heavy atom. The third kappa shape index (κ3) is 1.40. The predicted molar refractivity (Wildman–Crippen MR) is 52.2 cm³/mol. The molecule has 0 radical (unpaired) electrons. The lowest BCUT2D eigenvalue weighted by Crippen LogP contribution is -2.06. The maximum atomic E-state index is 10.8. The molecule has 0 fully saturated rings. The van der Waals surface area contributed by atoms with Crippen LogP contribution in [0.1, 0.15) is 12.0 Å². The molecule has 0 atom stereocenters. The zero-order chi connectivity index (χ0) is 9.26. The van der Waals surface area contributed by atoms with Gasteiger partial charge in [-0.1, -0.05) is 18.2 Å². The third-order valence-electron chi connectivity index (χ3n) is 1.91. The molecule has 4 heteroatoms. The van der Waals surface area contributed by atoms with Crippen molar-refractivity contribution in [3.8, 4) is 0 Å². The lowest BCUT2D eigenvalue weighted by atomic mass is 10.1. The van der Waals surface area contributed by atoms with Crippen LogP contribution in [0.5, 0.6) is 0 Å². The van der Waals surface area contributed by atoms with Crippen molar-refractivity contribution in [3.63, 3.8) is 0 Å². The normalized spacial score (nSPS) is 14.0. The zero-order valence-electron chi connectivity index (χ0n) is 6.77. The Bertz CT molecular complexity index is 492. The second-order valence-electron chi connectivity index (χ2n) is 2.69. The van der Waals surface area contributed by atoms with Crippen LogP contribution in [-0.4, -0.2) is 19.5 Å². The number of hydrogen-bond acceptors (Lipinski definition) is 3. The van der Waals surface area contributed by atoms with E-state index in [2.05, 4.69) is 4.99 Å². The van der Waals surface area contributed by atoms with Crippen LogP contribution in [0.4, 0.5) is 5.69 Å². The molecule has 1 aromatic rings. The average Bonchev–Trinajstić information content (AvgIpc) is 2.17. The monoisotopic (exact) mass is 193 g/mol. The molecule has 0 bridgehead atoms.